The van der Waals surface area contributed by atoms with Crippen LogP contribution in [0.5, 0.6) is 0 Å². The van der Waals surface area contributed by atoms with Crippen LogP contribution in [0.4, 0.5) is 0 Å². The maximum absolute atomic E-state index is 10.0. The number of hydrogen-bond donors (Lipinski definition) is 1. The molecule has 1 N–H and O–H groups in total. The Morgan fingerprint density at radius 2 is 1.22 bits per heavy atom. The first-order valence-electron chi connectivity index (χ1n) is 8.51. The fourth-order valence-corrected chi connectivity index (χ4v) is 6.42. The molecule has 4 aliphatic carbocycles. The van der Waals surface area contributed by atoms with Gasteiger partial charge in [-0.3, -0.25) is 0 Å². The first kappa shape index (κ1) is 11.8. The summed E-state index contributed by atoms with van der Waals surface area (Å²) >= 11 is 0. The summed E-state index contributed by atoms with van der Waals surface area (Å²) in [5.74, 6) is 6.11. The highest BCUT2D eigenvalue weighted by atomic mass is 16.3. The predicted molar refractivity (Wildman–Crippen MR) is 73.1 cm³/mol. The zero-order chi connectivity index (χ0) is 12.1. The molecule has 7 atom stereocenters. The van der Waals surface area contributed by atoms with E-state index in [1.165, 1.54) is 51.4 Å². The van der Waals surface area contributed by atoms with Crippen LogP contribution in [0.1, 0.15) is 64.2 Å². The molecular weight excluding hydrogens is 220 g/mol. The van der Waals surface area contributed by atoms with E-state index >= 15 is 0 Å². The van der Waals surface area contributed by atoms with Crippen LogP contribution in [0.2, 0.25) is 0 Å². The van der Waals surface area contributed by atoms with Gasteiger partial charge in [0.25, 0.3) is 0 Å². The van der Waals surface area contributed by atoms with Crippen molar-refractivity contribution < 1.29 is 5.11 Å². The summed E-state index contributed by atoms with van der Waals surface area (Å²) < 4.78 is 0. The van der Waals surface area contributed by atoms with Crippen LogP contribution < -0.4 is 0 Å². The van der Waals surface area contributed by atoms with E-state index in [1.807, 2.05) is 0 Å². The Morgan fingerprint density at radius 1 is 0.556 bits per heavy atom. The van der Waals surface area contributed by atoms with Crippen molar-refractivity contribution in [1.82, 2.24) is 0 Å². The molecule has 0 aliphatic heterocycles. The third-order valence-electron chi connectivity index (χ3n) is 7.13. The molecule has 7 unspecified atom stereocenters. The van der Waals surface area contributed by atoms with Gasteiger partial charge >= 0.3 is 0 Å². The largest absolute Gasteiger partial charge is 0.393 e. The Bertz CT molecular complexity index is 311. The summed E-state index contributed by atoms with van der Waals surface area (Å²) in [4.78, 5) is 0. The standard InChI is InChI=1S/C17H28O/c18-13-7-4-12-6-8-15-14-3-1-2-11(14)5-9-16(15)17(12)10-13/h11-18H,1-10H2. The second kappa shape index (κ2) is 4.51. The molecule has 0 amide bonds. The Hall–Kier alpha value is -0.0400. The topological polar surface area (TPSA) is 20.2 Å². The molecule has 0 spiro atoms. The van der Waals surface area contributed by atoms with Crippen LogP contribution in [-0.4, -0.2) is 11.2 Å². The molecule has 0 bridgehead atoms. The number of aliphatic hydroxyl groups excluding tert-OH is 1. The number of hydrogen-bond acceptors (Lipinski definition) is 1. The second-order valence-electron chi connectivity index (χ2n) is 7.73. The normalized spacial score (nSPS) is 55.5. The van der Waals surface area contributed by atoms with Crippen LogP contribution in [0, 0.1) is 35.5 Å². The highest BCUT2D eigenvalue weighted by Gasteiger charge is 2.49. The van der Waals surface area contributed by atoms with Gasteiger partial charge in [0.2, 0.25) is 0 Å². The van der Waals surface area contributed by atoms with E-state index in [4.69, 9.17) is 0 Å². The van der Waals surface area contributed by atoms with Crippen LogP contribution in [0.15, 0.2) is 0 Å². The fraction of sp³-hybridized carbons (Fsp3) is 1.00. The minimum atomic E-state index is 0.0336. The number of aliphatic hydroxyl groups is 1. The Kier molecular flexibility index (Phi) is 2.94. The molecule has 4 saturated carbocycles. The van der Waals surface area contributed by atoms with Crippen molar-refractivity contribution in [1.29, 1.82) is 0 Å². The maximum Gasteiger partial charge on any atom is 0.0543 e. The molecular formula is C17H28O. The van der Waals surface area contributed by atoms with E-state index in [9.17, 15) is 5.11 Å². The van der Waals surface area contributed by atoms with Gasteiger partial charge in [0.15, 0.2) is 0 Å². The first-order valence-corrected chi connectivity index (χ1v) is 8.51. The van der Waals surface area contributed by atoms with Crippen LogP contribution in [0.25, 0.3) is 0 Å². The molecule has 4 aliphatic rings. The lowest BCUT2D eigenvalue weighted by Gasteiger charge is -2.52. The summed E-state index contributed by atoms with van der Waals surface area (Å²) in [5.41, 5.74) is 0. The average Bonchev–Trinajstić information content (AvgIpc) is 2.86. The van der Waals surface area contributed by atoms with Crippen molar-refractivity contribution >= 4 is 0 Å². The smallest absolute Gasteiger partial charge is 0.0543 e. The van der Waals surface area contributed by atoms with Gasteiger partial charge in [-0.2, -0.15) is 0 Å². The molecule has 0 aromatic rings. The SMILES string of the molecule is OC1CCC2CCC3C4CCCC4CCC3C2C1. The fourth-order valence-electron chi connectivity index (χ4n) is 6.42. The first-order chi connectivity index (χ1) is 8.83. The molecule has 4 rings (SSSR count). The van der Waals surface area contributed by atoms with Crippen LogP contribution in [0.3, 0.4) is 0 Å². The van der Waals surface area contributed by atoms with Gasteiger partial charge in [-0.15, -0.1) is 0 Å². The lowest BCUT2D eigenvalue weighted by Crippen LogP contribution is -2.45. The monoisotopic (exact) mass is 248 g/mol. The van der Waals surface area contributed by atoms with Crippen molar-refractivity contribution in [3.8, 4) is 0 Å². The third-order valence-corrected chi connectivity index (χ3v) is 7.13. The van der Waals surface area contributed by atoms with E-state index in [0.717, 1.165) is 48.3 Å². The Balaban J connectivity index is 1.55. The highest BCUT2D eigenvalue weighted by molar-refractivity contribution is 4.99. The number of rotatable bonds is 0. The van der Waals surface area contributed by atoms with E-state index in [2.05, 4.69) is 0 Å². The minimum absolute atomic E-state index is 0.0336. The summed E-state index contributed by atoms with van der Waals surface area (Å²) in [7, 11) is 0. The zero-order valence-electron chi connectivity index (χ0n) is 11.6. The zero-order valence-corrected chi connectivity index (χ0v) is 11.6. The van der Waals surface area contributed by atoms with E-state index in [-0.39, 0.29) is 6.10 Å². The quantitative estimate of drug-likeness (QED) is 0.687. The molecule has 1 heteroatoms. The van der Waals surface area contributed by atoms with Gasteiger partial charge in [0.1, 0.15) is 0 Å². The highest BCUT2D eigenvalue weighted by Crippen LogP contribution is 2.57. The van der Waals surface area contributed by atoms with Gasteiger partial charge in [-0.25, -0.2) is 0 Å². The number of fused-ring (bicyclic) bond motifs is 5. The minimum Gasteiger partial charge on any atom is -0.393 e. The Labute approximate surface area is 111 Å². The lowest BCUT2D eigenvalue weighted by atomic mass is 9.53. The van der Waals surface area contributed by atoms with Gasteiger partial charge in [-0.1, -0.05) is 12.8 Å². The lowest BCUT2D eigenvalue weighted by molar-refractivity contribution is -0.0486. The molecule has 0 radical (unpaired) electrons. The molecule has 4 fully saturated rings. The molecule has 1 nitrogen and oxygen atoms in total. The molecule has 0 saturated heterocycles. The molecule has 0 aromatic heterocycles. The van der Waals surface area contributed by atoms with E-state index in [0.29, 0.717) is 0 Å². The van der Waals surface area contributed by atoms with Gasteiger partial charge < -0.3 is 5.11 Å². The van der Waals surface area contributed by atoms with Crippen LogP contribution >= 0.6 is 0 Å². The average molecular weight is 248 g/mol. The van der Waals surface area contributed by atoms with Crippen molar-refractivity contribution in [2.24, 2.45) is 35.5 Å². The van der Waals surface area contributed by atoms with Crippen molar-refractivity contribution in [3.05, 3.63) is 0 Å². The summed E-state index contributed by atoms with van der Waals surface area (Å²) in [6, 6.07) is 0. The summed E-state index contributed by atoms with van der Waals surface area (Å²) in [5, 5.41) is 10.0. The van der Waals surface area contributed by atoms with Gasteiger partial charge in [-0.05, 0) is 86.9 Å². The van der Waals surface area contributed by atoms with Crippen molar-refractivity contribution in [2.75, 3.05) is 0 Å². The van der Waals surface area contributed by atoms with Crippen LogP contribution in [-0.2, 0) is 0 Å². The van der Waals surface area contributed by atoms with E-state index < -0.39 is 0 Å². The molecule has 102 valence electrons. The van der Waals surface area contributed by atoms with E-state index in [1.54, 1.807) is 0 Å². The predicted octanol–water partition coefficient (Wildman–Crippen LogP) is 4.00. The second-order valence-corrected chi connectivity index (χ2v) is 7.73. The summed E-state index contributed by atoms with van der Waals surface area (Å²) in [6.45, 7) is 0. The van der Waals surface area contributed by atoms with Crippen molar-refractivity contribution in [2.45, 2.75) is 70.3 Å². The van der Waals surface area contributed by atoms with Gasteiger partial charge in [0, 0.05) is 0 Å². The molecule has 0 aromatic carbocycles. The Morgan fingerprint density at radius 3 is 2.06 bits per heavy atom. The summed E-state index contributed by atoms with van der Waals surface area (Å²) in [6.07, 6.45) is 14.2. The molecule has 0 heterocycles. The van der Waals surface area contributed by atoms with Gasteiger partial charge in [0.05, 0.1) is 6.10 Å². The third kappa shape index (κ3) is 1.77. The maximum atomic E-state index is 10.0. The van der Waals surface area contributed by atoms with Crippen molar-refractivity contribution in [3.63, 3.8) is 0 Å². The molecule has 18 heavy (non-hydrogen) atoms.